The smallest absolute Gasteiger partial charge is 0.404 e. The fraction of sp³-hybridized carbons (Fsp3) is 0.462. The third-order valence-electron chi connectivity index (χ3n) is 3.03. The van der Waals surface area contributed by atoms with Crippen LogP contribution in [-0.4, -0.2) is 31.5 Å². The highest BCUT2D eigenvalue weighted by Gasteiger charge is 2.32. The van der Waals surface area contributed by atoms with Gasteiger partial charge in [-0.1, -0.05) is 12.1 Å². The molecule has 0 saturated carbocycles. The Bertz CT molecular complexity index is 494. The van der Waals surface area contributed by atoms with Crippen molar-refractivity contribution in [2.75, 3.05) is 18.4 Å². The van der Waals surface area contributed by atoms with E-state index < -0.39 is 18.1 Å². The summed E-state index contributed by atoms with van der Waals surface area (Å²) in [7, 11) is 0. The van der Waals surface area contributed by atoms with Gasteiger partial charge in [-0.3, -0.25) is 0 Å². The molecule has 1 fully saturated rings. The molecule has 0 aliphatic carbocycles. The van der Waals surface area contributed by atoms with Crippen LogP contribution in [0.2, 0.25) is 0 Å². The molecule has 1 aromatic carbocycles. The Balaban J connectivity index is 0.00000242. The summed E-state index contributed by atoms with van der Waals surface area (Å²) in [5.74, 6) is -0.445. The SMILES string of the molecule is Cl.O=C(NC[C@@H]1CCCN1)Nc1ccccc1OC(F)(F)F. The van der Waals surface area contributed by atoms with Gasteiger partial charge in [0.2, 0.25) is 0 Å². The third-order valence-corrected chi connectivity index (χ3v) is 3.03. The zero-order chi connectivity index (χ0) is 15.3. The van der Waals surface area contributed by atoms with Crippen molar-refractivity contribution in [3.63, 3.8) is 0 Å². The van der Waals surface area contributed by atoms with E-state index in [1.165, 1.54) is 18.2 Å². The number of hydrogen-bond acceptors (Lipinski definition) is 3. The van der Waals surface area contributed by atoms with Gasteiger partial charge in [-0.15, -0.1) is 25.6 Å². The number of urea groups is 1. The first-order valence-electron chi connectivity index (χ1n) is 6.57. The predicted octanol–water partition coefficient (Wildman–Crippen LogP) is 2.88. The van der Waals surface area contributed by atoms with E-state index in [1.54, 1.807) is 0 Å². The fourth-order valence-corrected chi connectivity index (χ4v) is 2.10. The molecule has 1 aliphatic heterocycles. The van der Waals surface area contributed by atoms with Crippen LogP contribution in [0.4, 0.5) is 23.7 Å². The average molecular weight is 340 g/mol. The molecule has 0 spiro atoms. The Morgan fingerprint density at radius 1 is 1.36 bits per heavy atom. The first kappa shape index (κ1) is 18.4. The number of para-hydroxylation sites is 2. The molecule has 0 aromatic heterocycles. The van der Waals surface area contributed by atoms with E-state index in [1.807, 2.05) is 0 Å². The Hall–Kier alpha value is -1.67. The number of anilines is 1. The number of ether oxygens (including phenoxy) is 1. The molecule has 22 heavy (non-hydrogen) atoms. The molecule has 1 heterocycles. The van der Waals surface area contributed by atoms with Crippen molar-refractivity contribution in [1.82, 2.24) is 10.6 Å². The van der Waals surface area contributed by atoms with Gasteiger partial charge in [0.05, 0.1) is 5.69 Å². The first-order valence-corrected chi connectivity index (χ1v) is 6.57. The van der Waals surface area contributed by atoms with Gasteiger partial charge in [0.25, 0.3) is 0 Å². The van der Waals surface area contributed by atoms with Crippen molar-refractivity contribution < 1.29 is 22.7 Å². The van der Waals surface area contributed by atoms with Crippen molar-refractivity contribution in [3.05, 3.63) is 24.3 Å². The standard InChI is InChI=1S/C13H16F3N3O2.ClH/c14-13(15,16)21-11-6-2-1-5-10(11)19-12(20)18-8-9-4-3-7-17-9;/h1-2,5-6,9,17H,3-4,7-8H2,(H2,18,19,20);1H/t9-;/m0./s1. The van der Waals surface area contributed by atoms with Crippen LogP contribution in [0.25, 0.3) is 0 Å². The summed E-state index contributed by atoms with van der Waals surface area (Å²) in [6.45, 7) is 1.34. The van der Waals surface area contributed by atoms with Gasteiger partial charge < -0.3 is 20.7 Å². The highest BCUT2D eigenvalue weighted by molar-refractivity contribution is 5.90. The number of nitrogens with one attached hydrogen (secondary N) is 3. The maximum absolute atomic E-state index is 12.3. The summed E-state index contributed by atoms with van der Waals surface area (Å²) in [6, 6.07) is 5.03. The Labute approximate surface area is 132 Å². The molecule has 9 heteroatoms. The van der Waals surface area contributed by atoms with Crippen LogP contribution in [0.1, 0.15) is 12.8 Å². The second kappa shape index (κ2) is 8.09. The maximum Gasteiger partial charge on any atom is 0.573 e. The van der Waals surface area contributed by atoms with E-state index in [0.717, 1.165) is 25.5 Å². The monoisotopic (exact) mass is 339 g/mol. The molecule has 3 N–H and O–H groups in total. The van der Waals surface area contributed by atoms with Crippen LogP contribution in [0.3, 0.4) is 0 Å². The van der Waals surface area contributed by atoms with Crippen LogP contribution in [-0.2, 0) is 0 Å². The number of carbonyl (C=O) groups is 1. The number of amides is 2. The summed E-state index contributed by atoms with van der Waals surface area (Å²) in [5, 5.41) is 8.17. The van der Waals surface area contributed by atoms with E-state index in [-0.39, 0.29) is 24.1 Å². The van der Waals surface area contributed by atoms with E-state index in [2.05, 4.69) is 20.7 Å². The summed E-state index contributed by atoms with van der Waals surface area (Å²) in [5.41, 5.74) is -0.0355. The van der Waals surface area contributed by atoms with E-state index >= 15 is 0 Å². The van der Waals surface area contributed by atoms with Gasteiger partial charge in [-0.2, -0.15) is 0 Å². The highest BCUT2D eigenvalue weighted by atomic mass is 35.5. The maximum atomic E-state index is 12.3. The van der Waals surface area contributed by atoms with Crippen molar-refractivity contribution in [3.8, 4) is 5.75 Å². The van der Waals surface area contributed by atoms with Gasteiger partial charge in [0, 0.05) is 12.6 Å². The Morgan fingerprint density at radius 2 is 2.09 bits per heavy atom. The second-order valence-electron chi connectivity index (χ2n) is 4.67. The summed E-state index contributed by atoms with van der Waals surface area (Å²) in [6.07, 6.45) is -2.79. The topological polar surface area (TPSA) is 62.4 Å². The average Bonchev–Trinajstić information content (AvgIpc) is 2.90. The third kappa shape index (κ3) is 5.98. The van der Waals surface area contributed by atoms with Crippen LogP contribution in [0, 0.1) is 0 Å². The number of benzene rings is 1. The minimum atomic E-state index is -4.80. The predicted molar refractivity (Wildman–Crippen MR) is 78.4 cm³/mol. The van der Waals surface area contributed by atoms with E-state index in [4.69, 9.17) is 0 Å². The molecule has 1 atom stereocenters. The second-order valence-corrected chi connectivity index (χ2v) is 4.67. The first-order chi connectivity index (χ1) is 9.94. The molecular formula is C13H17ClF3N3O2. The highest BCUT2D eigenvalue weighted by Crippen LogP contribution is 2.29. The fourth-order valence-electron chi connectivity index (χ4n) is 2.10. The zero-order valence-corrected chi connectivity index (χ0v) is 12.4. The minimum Gasteiger partial charge on any atom is -0.404 e. The molecule has 1 saturated heterocycles. The quantitative estimate of drug-likeness (QED) is 0.790. The lowest BCUT2D eigenvalue weighted by molar-refractivity contribution is -0.274. The molecule has 0 bridgehead atoms. The van der Waals surface area contributed by atoms with Gasteiger partial charge in [-0.25, -0.2) is 4.79 Å². The molecule has 2 rings (SSSR count). The van der Waals surface area contributed by atoms with E-state index in [0.29, 0.717) is 6.54 Å². The van der Waals surface area contributed by atoms with Gasteiger partial charge in [-0.05, 0) is 31.5 Å². The largest absolute Gasteiger partial charge is 0.573 e. The number of carbonyl (C=O) groups excluding carboxylic acids is 1. The Morgan fingerprint density at radius 3 is 2.73 bits per heavy atom. The number of rotatable bonds is 4. The van der Waals surface area contributed by atoms with E-state index in [9.17, 15) is 18.0 Å². The van der Waals surface area contributed by atoms with Gasteiger partial charge in [0.1, 0.15) is 0 Å². The van der Waals surface area contributed by atoms with Gasteiger partial charge >= 0.3 is 12.4 Å². The van der Waals surface area contributed by atoms with Crippen molar-refractivity contribution in [1.29, 1.82) is 0 Å². The Kier molecular flexibility index (Phi) is 6.76. The molecule has 5 nitrogen and oxygen atoms in total. The number of halogens is 4. The number of alkyl halides is 3. The summed E-state index contributed by atoms with van der Waals surface area (Å²) >= 11 is 0. The lowest BCUT2D eigenvalue weighted by Gasteiger charge is -2.15. The molecule has 2 amide bonds. The zero-order valence-electron chi connectivity index (χ0n) is 11.6. The minimum absolute atomic E-state index is 0. The molecule has 124 valence electrons. The molecular weight excluding hydrogens is 323 g/mol. The van der Waals surface area contributed by atoms with Crippen molar-refractivity contribution >= 4 is 24.1 Å². The summed E-state index contributed by atoms with van der Waals surface area (Å²) in [4.78, 5) is 11.7. The van der Waals surface area contributed by atoms with Crippen LogP contribution >= 0.6 is 12.4 Å². The molecule has 1 aliphatic rings. The molecule has 0 unspecified atom stereocenters. The number of hydrogen-bond donors (Lipinski definition) is 3. The molecule has 0 radical (unpaired) electrons. The normalized spacial score (nSPS) is 17.5. The lowest BCUT2D eigenvalue weighted by Crippen LogP contribution is -2.39. The van der Waals surface area contributed by atoms with Crippen molar-refractivity contribution in [2.45, 2.75) is 25.2 Å². The van der Waals surface area contributed by atoms with Crippen LogP contribution < -0.4 is 20.7 Å². The summed E-state index contributed by atoms with van der Waals surface area (Å²) < 4.78 is 40.6. The van der Waals surface area contributed by atoms with Gasteiger partial charge in [0.15, 0.2) is 5.75 Å². The lowest BCUT2D eigenvalue weighted by atomic mass is 10.2. The molecule has 1 aromatic rings. The van der Waals surface area contributed by atoms with Crippen LogP contribution in [0.5, 0.6) is 5.75 Å². The van der Waals surface area contributed by atoms with Crippen molar-refractivity contribution in [2.24, 2.45) is 0 Å². The van der Waals surface area contributed by atoms with Crippen LogP contribution in [0.15, 0.2) is 24.3 Å².